The van der Waals surface area contributed by atoms with Gasteiger partial charge in [0.05, 0.1) is 20.0 Å². The maximum absolute atomic E-state index is 13.0. The van der Waals surface area contributed by atoms with Gasteiger partial charge in [-0.05, 0) is 36.4 Å². The molecule has 1 N–H and O–H groups in total. The summed E-state index contributed by atoms with van der Waals surface area (Å²) in [4.78, 5) is 31.1. The predicted molar refractivity (Wildman–Crippen MR) is 160 cm³/mol. The van der Waals surface area contributed by atoms with E-state index in [9.17, 15) is 9.59 Å². The summed E-state index contributed by atoms with van der Waals surface area (Å²) in [6.07, 6.45) is 2.08. The van der Waals surface area contributed by atoms with E-state index in [1.165, 1.54) is 5.69 Å². The molecule has 4 aromatic rings. The monoisotopic (exact) mass is 558 g/mol. The van der Waals surface area contributed by atoms with Crippen LogP contribution in [0.3, 0.4) is 0 Å². The Labute approximate surface area is 238 Å². The van der Waals surface area contributed by atoms with Crippen LogP contribution >= 0.6 is 11.8 Å². The molecule has 5 rings (SSSR count). The number of hydrogen-bond donors (Lipinski definition) is 1. The van der Waals surface area contributed by atoms with Crippen molar-refractivity contribution < 1.29 is 19.1 Å². The maximum atomic E-state index is 13.0. The maximum Gasteiger partial charge on any atom is 0.251 e. The quantitative estimate of drug-likeness (QED) is 0.288. The number of benzene rings is 3. The molecule has 0 spiro atoms. The van der Waals surface area contributed by atoms with Crippen molar-refractivity contribution in [2.45, 2.75) is 11.4 Å². The zero-order chi connectivity index (χ0) is 27.9. The smallest absolute Gasteiger partial charge is 0.251 e. The Bertz CT molecular complexity index is 1460. The molecule has 1 aromatic heterocycles. The third kappa shape index (κ3) is 6.20. The molecule has 2 heterocycles. The minimum atomic E-state index is -0.176. The lowest BCUT2D eigenvalue weighted by molar-refractivity contribution is -0.128. The molecule has 40 heavy (non-hydrogen) atoms. The summed E-state index contributed by atoms with van der Waals surface area (Å²) in [5.74, 6) is 1.48. The van der Waals surface area contributed by atoms with Gasteiger partial charge in [-0.2, -0.15) is 0 Å². The van der Waals surface area contributed by atoms with E-state index in [2.05, 4.69) is 45.2 Å². The van der Waals surface area contributed by atoms with Crippen LogP contribution in [0.4, 0.5) is 5.69 Å². The van der Waals surface area contributed by atoms with Crippen molar-refractivity contribution in [1.29, 1.82) is 0 Å². The average Bonchev–Trinajstić information content (AvgIpc) is 3.37. The van der Waals surface area contributed by atoms with E-state index in [0.29, 0.717) is 35.9 Å². The van der Waals surface area contributed by atoms with Crippen LogP contribution in [0.2, 0.25) is 0 Å². The third-order valence-electron chi connectivity index (χ3n) is 7.14. The first-order valence-corrected chi connectivity index (χ1v) is 14.3. The molecule has 0 bridgehead atoms. The summed E-state index contributed by atoms with van der Waals surface area (Å²) >= 11 is 1.58. The van der Waals surface area contributed by atoms with Crippen molar-refractivity contribution in [2.24, 2.45) is 0 Å². The van der Waals surface area contributed by atoms with Crippen molar-refractivity contribution in [3.63, 3.8) is 0 Å². The Morgan fingerprint density at radius 3 is 2.35 bits per heavy atom. The van der Waals surface area contributed by atoms with E-state index in [1.54, 1.807) is 44.2 Å². The molecule has 1 aliphatic rings. The van der Waals surface area contributed by atoms with Crippen molar-refractivity contribution in [3.8, 4) is 11.5 Å². The zero-order valence-corrected chi connectivity index (χ0v) is 23.7. The number of anilines is 1. The Morgan fingerprint density at radius 1 is 0.875 bits per heavy atom. The lowest BCUT2D eigenvalue weighted by Crippen LogP contribution is -2.49. The van der Waals surface area contributed by atoms with E-state index in [4.69, 9.17) is 9.47 Å². The van der Waals surface area contributed by atoms with Gasteiger partial charge in [-0.25, -0.2) is 0 Å². The van der Waals surface area contributed by atoms with Crippen LogP contribution in [0.15, 0.2) is 83.9 Å². The van der Waals surface area contributed by atoms with Crippen LogP contribution in [-0.4, -0.2) is 74.0 Å². The molecule has 8 nitrogen and oxygen atoms in total. The first-order chi connectivity index (χ1) is 19.6. The summed E-state index contributed by atoms with van der Waals surface area (Å²) < 4.78 is 12.7. The molecule has 3 aromatic carbocycles. The van der Waals surface area contributed by atoms with Crippen molar-refractivity contribution in [3.05, 3.63) is 84.6 Å². The zero-order valence-electron chi connectivity index (χ0n) is 22.8. The molecule has 0 unspecified atom stereocenters. The van der Waals surface area contributed by atoms with Gasteiger partial charge in [0, 0.05) is 72.5 Å². The fourth-order valence-corrected chi connectivity index (χ4v) is 5.96. The summed E-state index contributed by atoms with van der Waals surface area (Å²) in [5, 5.41) is 4.10. The highest BCUT2D eigenvalue weighted by atomic mass is 32.2. The Morgan fingerprint density at radius 2 is 1.60 bits per heavy atom. The topological polar surface area (TPSA) is 76.0 Å². The number of thioether (sulfide) groups is 1. The molecule has 1 aliphatic heterocycles. The highest BCUT2D eigenvalue weighted by Gasteiger charge is 2.22. The van der Waals surface area contributed by atoms with Crippen LogP contribution in [-0.2, 0) is 11.3 Å². The molecule has 1 saturated heterocycles. The molecular weight excluding hydrogens is 524 g/mol. The molecule has 0 atom stereocenters. The summed E-state index contributed by atoms with van der Waals surface area (Å²) in [7, 11) is 3.11. The van der Waals surface area contributed by atoms with Gasteiger partial charge in [-0.3, -0.25) is 9.59 Å². The number of hydrogen-bond acceptors (Lipinski definition) is 6. The lowest BCUT2D eigenvalue weighted by Gasteiger charge is -2.36. The van der Waals surface area contributed by atoms with Crippen LogP contribution in [0, 0.1) is 0 Å². The predicted octanol–water partition coefficient (Wildman–Crippen LogP) is 4.53. The number of amides is 2. The lowest BCUT2D eigenvalue weighted by atomic mass is 10.2. The normalized spacial score (nSPS) is 13.3. The second-order valence-electron chi connectivity index (χ2n) is 9.52. The second-order valence-corrected chi connectivity index (χ2v) is 10.5. The molecular formula is C31H34N4O4S. The number of carbonyl (C=O) groups excluding carboxylic acids is 2. The molecule has 0 radical (unpaired) electrons. The standard InChI is InChI=1S/C31H34N4O4S/c1-38-27-13-12-23(20-28(27)39-2)31(37)32-14-15-35-21-29(25-10-6-7-11-26(25)35)40-22-30(36)34-18-16-33(17-19-34)24-8-4-3-5-9-24/h3-13,20-21H,14-19,22H2,1-2H3,(H,32,37). The van der Waals surface area contributed by atoms with Gasteiger partial charge in [-0.1, -0.05) is 36.4 Å². The minimum Gasteiger partial charge on any atom is -0.493 e. The van der Waals surface area contributed by atoms with Crippen LogP contribution in [0.5, 0.6) is 11.5 Å². The first-order valence-electron chi connectivity index (χ1n) is 13.4. The Hall–Kier alpha value is -4.11. The number of nitrogens with zero attached hydrogens (tertiary/aromatic N) is 3. The number of aromatic nitrogens is 1. The van der Waals surface area contributed by atoms with Gasteiger partial charge in [0.15, 0.2) is 11.5 Å². The molecule has 0 aliphatic carbocycles. The van der Waals surface area contributed by atoms with Crippen molar-refractivity contribution >= 4 is 40.2 Å². The number of para-hydroxylation sites is 2. The summed E-state index contributed by atoms with van der Waals surface area (Å²) in [6, 6.07) is 23.6. The van der Waals surface area contributed by atoms with E-state index in [1.807, 2.05) is 35.2 Å². The highest BCUT2D eigenvalue weighted by Crippen LogP contribution is 2.31. The van der Waals surface area contributed by atoms with E-state index < -0.39 is 0 Å². The minimum absolute atomic E-state index is 0.164. The van der Waals surface area contributed by atoms with E-state index in [0.717, 1.165) is 42.0 Å². The number of ether oxygens (including phenoxy) is 2. The van der Waals surface area contributed by atoms with Crippen LogP contribution < -0.4 is 19.7 Å². The average molecular weight is 559 g/mol. The van der Waals surface area contributed by atoms with Gasteiger partial charge < -0.3 is 29.2 Å². The number of nitrogens with one attached hydrogen (secondary N) is 1. The number of carbonyl (C=O) groups is 2. The fraction of sp³-hybridized carbons (Fsp3) is 0.290. The van der Waals surface area contributed by atoms with Gasteiger partial charge in [-0.15, -0.1) is 11.8 Å². The SMILES string of the molecule is COc1ccc(C(=O)NCCn2cc(SCC(=O)N3CCN(c4ccccc4)CC3)c3ccccc32)cc1OC. The molecule has 0 saturated carbocycles. The van der Waals surface area contributed by atoms with Gasteiger partial charge in [0.2, 0.25) is 5.91 Å². The van der Waals surface area contributed by atoms with Gasteiger partial charge in [0.1, 0.15) is 0 Å². The number of fused-ring (bicyclic) bond motifs is 1. The van der Waals surface area contributed by atoms with Gasteiger partial charge >= 0.3 is 0 Å². The molecule has 208 valence electrons. The molecule has 2 amide bonds. The summed E-state index contributed by atoms with van der Waals surface area (Å²) in [5.41, 5.74) is 2.79. The van der Waals surface area contributed by atoms with Crippen molar-refractivity contribution in [1.82, 2.24) is 14.8 Å². The fourth-order valence-electron chi connectivity index (χ4n) is 4.97. The van der Waals surface area contributed by atoms with Crippen molar-refractivity contribution in [2.75, 3.05) is 57.6 Å². The molecule has 9 heteroatoms. The summed E-state index contributed by atoms with van der Waals surface area (Å²) in [6.45, 7) is 4.21. The van der Waals surface area contributed by atoms with Gasteiger partial charge in [0.25, 0.3) is 5.91 Å². The van der Waals surface area contributed by atoms with Crippen LogP contribution in [0.25, 0.3) is 10.9 Å². The number of rotatable bonds is 10. The van der Waals surface area contributed by atoms with Crippen LogP contribution in [0.1, 0.15) is 10.4 Å². The Kier molecular flexibility index (Phi) is 8.81. The molecule has 1 fully saturated rings. The number of methoxy groups -OCH3 is 2. The number of piperazine rings is 1. The van der Waals surface area contributed by atoms with E-state index >= 15 is 0 Å². The van der Waals surface area contributed by atoms with E-state index in [-0.39, 0.29) is 11.8 Å². The largest absolute Gasteiger partial charge is 0.493 e. The third-order valence-corrected chi connectivity index (χ3v) is 8.17. The second kappa shape index (κ2) is 12.8. The first kappa shape index (κ1) is 27.5. The Balaban J connectivity index is 1.16. The highest BCUT2D eigenvalue weighted by molar-refractivity contribution is 8.00.